The molecule has 1 aliphatic heterocycles. The van der Waals surface area contributed by atoms with Crippen molar-refractivity contribution >= 4 is 11.9 Å². The van der Waals surface area contributed by atoms with Gasteiger partial charge in [-0.1, -0.05) is 18.2 Å². The third-order valence-corrected chi connectivity index (χ3v) is 4.48. The van der Waals surface area contributed by atoms with E-state index in [9.17, 15) is 30.0 Å². The molecule has 1 aromatic rings. The van der Waals surface area contributed by atoms with Crippen LogP contribution in [0, 0.1) is 0 Å². The highest BCUT2D eigenvalue weighted by atomic mass is 16.7. The molecule has 0 bridgehead atoms. The number of ether oxygens (including phenoxy) is 2. The highest BCUT2D eigenvalue weighted by Gasteiger charge is 2.55. The second kappa shape index (κ2) is 8.74. The van der Waals surface area contributed by atoms with Gasteiger partial charge in [0.05, 0.1) is 18.8 Å². The van der Waals surface area contributed by atoms with Crippen LogP contribution in [-0.2, 0) is 14.3 Å². The monoisotopic (exact) mass is 385 g/mol. The predicted octanol–water partition coefficient (Wildman–Crippen LogP) is -1.92. The summed E-state index contributed by atoms with van der Waals surface area (Å²) in [5.74, 6) is -4.43. The lowest BCUT2D eigenvalue weighted by Gasteiger charge is -2.46. The summed E-state index contributed by atoms with van der Waals surface area (Å²) >= 11 is 0. The van der Waals surface area contributed by atoms with Gasteiger partial charge in [0.15, 0.2) is 0 Å². The Balaban J connectivity index is 2.32. The number of aliphatic hydroxyl groups is 4. The predicted molar refractivity (Wildman–Crippen MR) is 89.7 cm³/mol. The van der Waals surface area contributed by atoms with Crippen LogP contribution in [0.4, 0.5) is 0 Å². The van der Waals surface area contributed by atoms with Gasteiger partial charge in [-0.25, -0.2) is 4.79 Å². The molecule has 1 saturated heterocycles. The third-order valence-electron chi connectivity index (χ3n) is 4.48. The molecule has 0 aliphatic carbocycles. The van der Waals surface area contributed by atoms with E-state index < -0.39 is 61.1 Å². The van der Waals surface area contributed by atoms with Crippen LogP contribution in [0.2, 0.25) is 0 Å². The van der Waals surface area contributed by atoms with Gasteiger partial charge in [-0.05, 0) is 12.1 Å². The first-order valence-electron chi connectivity index (χ1n) is 8.23. The Labute approximate surface area is 155 Å². The van der Waals surface area contributed by atoms with Crippen LogP contribution in [0.1, 0.15) is 16.8 Å². The lowest BCUT2D eigenvalue weighted by molar-refractivity contribution is -0.303. The van der Waals surface area contributed by atoms with Gasteiger partial charge in [0.25, 0.3) is 11.7 Å². The Morgan fingerprint density at radius 1 is 1.33 bits per heavy atom. The van der Waals surface area contributed by atoms with Gasteiger partial charge in [0.1, 0.15) is 18.3 Å². The maximum absolute atomic E-state index is 12.4. The van der Waals surface area contributed by atoms with Gasteiger partial charge in [-0.2, -0.15) is 0 Å². The first-order valence-corrected chi connectivity index (χ1v) is 8.23. The molecule has 0 spiro atoms. The lowest BCUT2D eigenvalue weighted by Crippen LogP contribution is -2.67. The molecule has 6 N–H and O–H groups in total. The molecule has 0 saturated carbocycles. The molecular formula is C17H23NO9. The maximum Gasteiger partial charge on any atom is 0.364 e. The molecule has 6 atom stereocenters. The number of carbonyl (C=O) groups is 2. The van der Waals surface area contributed by atoms with Crippen LogP contribution in [0.5, 0.6) is 0 Å². The molecule has 1 aliphatic rings. The highest BCUT2D eigenvalue weighted by molar-refractivity contribution is 5.94. The molecule has 1 fully saturated rings. The summed E-state index contributed by atoms with van der Waals surface area (Å²) in [5, 5.41) is 51.5. The zero-order chi connectivity index (χ0) is 20.2. The van der Waals surface area contributed by atoms with Crippen LogP contribution >= 0.6 is 0 Å². The number of nitrogens with one attached hydrogen (secondary N) is 1. The second-order valence-electron chi connectivity index (χ2n) is 6.22. The summed E-state index contributed by atoms with van der Waals surface area (Å²) in [5.41, 5.74) is 0.266. The summed E-state index contributed by atoms with van der Waals surface area (Å²) in [6, 6.07) is 6.75. The van der Waals surface area contributed by atoms with Crippen molar-refractivity contribution in [3.8, 4) is 0 Å². The van der Waals surface area contributed by atoms with Crippen LogP contribution in [-0.4, -0.2) is 87.4 Å². The minimum Gasteiger partial charge on any atom is -0.477 e. The first kappa shape index (κ1) is 21.2. The maximum atomic E-state index is 12.4. The summed E-state index contributed by atoms with van der Waals surface area (Å²) in [6.07, 6.45) is -7.08. The van der Waals surface area contributed by atoms with E-state index >= 15 is 0 Å². The number of carboxylic acid groups (broad SMARTS) is 1. The number of carbonyl (C=O) groups excluding carboxylic acids is 1. The topological polar surface area (TPSA) is 166 Å². The lowest BCUT2D eigenvalue weighted by atomic mass is 9.88. The van der Waals surface area contributed by atoms with Crippen molar-refractivity contribution in [2.75, 3.05) is 13.7 Å². The van der Waals surface area contributed by atoms with E-state index in [4.69, 9.17) is 14.6 Å². The van der Waals surface area contributed by atoms with E-state index in [-0.39, 0.29) is 5.56 Å². The van der Waals surface area contributed by atoms with Crippen LogP contribution in [0.25, 0.3) is 0 Å². The molecular weight excluding hydrogens is 362 g/mol. The van der Waals surface area contributed by atoms with Crippen molar-refractivity contribution in [3.63, 3.8) is 0 Å². The third kappa shape index (κ3) is 4.43. The average molecular weight is 385 g/mol. The van der Waals surface area contributed by atoms with E-state index in [1.807, 2.05) is 0 Å². The van der Waals surface area contributed by atoms with E-state index in [1.165, 1.54) is 12.1 Å². The summed E-state index contributed by atoms with van der Waals surface area (Å²) in [6.45, 7) is -0.844. The second-order valence-corrected chi connectivity index (χ2v) is 6.22. The van der Waals surface area contributed by atoms with Gasteiger partial charge in [0.2, 0.25) is 0 Å². The minimum absolute atomic E-state index is 0.266. The largest absolute Gasteiger partial charge is 0.477 e. The van der Waals surface area contributed by atoms with Crippen LogP contribution < -0.4 is 5.32 Å². The molecule has 1 amide bonds. The zero-order valence-electron chi connectivity index (χ0n) is 14.6. The van der Waals surface area contributed by atoms with E-state index in [1.54, 1.807) is 18.2 Å². The summed E-state index contributed by atoms with van der Waals surface area (Å²) in [7, 11) is 1.05. The fourth-order valence-electron chi connectivity index (χ4n) is 2.93. The molecule has 1 heterocycles. The van der Waals surface area contributed by atoms with Crippen LogP contribution in [0.3, 0.4) is 0 Å². The summed E-state index contributed by atoms with van der Waals surface area (Å²) < 4.78 is 10.3. The molecule has 0 unspecified atom stereocenters. The van der Waals surface area contributed by atoms with Gasteiger partial charge in [-0.15, -0.1) is 0 Å². The van der Waals surface area contributed by atoms with Gasteiger partial charge in [-0.3, -0.25) is 4.79 Å². The Morgan fingerprint density at radius 3 is 2.48 bits per heavy atom. The summed E-state index contributed by atoms with van der Waals surface area (Å²) in [4.78, 5) is 24.0. The molecule has 2 rings (SSSR count). The Morgan fingerprint density at radius 2 is 1.96 bits per heavy atom. The van der Waals surface area contributed by atoms with Crippen molar-refractivity contribution in [3.05, 3.63) is 35.9 Å². The number of hydrogen-bond donors (Lipinski definition) is 6. The standard InChI is InChI=1S/C17H23NO9/c1-26-17(16(24)25)7-10(20)12(14(27-17)13(22)11(21)8-19)18-15(23)9-5-3-2-4-6-9/h2-6,10-14,19-22H,7-8H2,1H3,(H,18,23)(H,24,25)/t10-,11+,12+,13+,14+,17-/m0/s1. The number of benzene rings is 1. The average Bonchev–Trinajstić information content (AvgIpc) is 2.68. The van der Waals surface area contributed by atoms with Crippen molar-refractivity contribution in [1.82, 2.24) is 5.32 Å². The SMILES string of the molecule is CO[C@@]1(C(=O)O)C[C@H](O)[C@@H](NC(=O)c2ccccc2)[C@H]([C@H](O)[C@H](O)CO)O1. The molecule has 150 valence electrons. The Kier molecular flexibility index (Phi) is 6.87. The van der Waals surface area contributed by atoms with Crippen molar-refractivity contribution in [2.45, 2.75) is 42.7 Å². The quantitative estimate of drug-likeness (QED) is 0.313. The number of aliphatic hydroxyl groups excluding tert-OH is 4. The highest BCUT2D eigenvalue weighted by Crippen LogP contribution is 2.33. The number of aliphatic carboxylic acids is 1. The molecule has 27 heavy (non-hydrogen) atoms. The number of amides is 1. The fourth-order valence-corrected chi connectivity index (χ4v) is 2.93. The van der Waals surface area contributed by atoms with E-state index in [2.05, 4.69) is 5.32 Å². The van der Waals surface area contributed by atoms with Crippen molar-refractivity contribution in [1.29, 1.82) is 0 Å². The number of methoxy groups -OCH3 is 1. The molecule has 10 heteroatoms. The molecule has 0 aromatic heterocycles. The minimum atomic E-state index is -2.28. The molecule has 10 nitrogen and oxygen atoms in total. The van der Waals surface area contributed by atoms with Crippen molar-refractivity contribution < 1.29 is 44.6 Å². The Hall–Kier alpha value is -2.08. The number of rotatable bonds is 7. The molecule has 0 radical (unpaired) electrons. The normalized spacial score (nSPS) is 30.3. The zero-order valence-corrected chi connectivity index (χ0v) is 14.6. The first-order chi connectivity index (χ1) is 12.8. The fraction of sp³-hybridized carbons (Fsp3) is 0.529. The molecule has 1 aromatic carbocycles. The van der Waals surface area contributed by atoms with Gasteiger partial charge < -0.3 is 40.3 Å². The van der Waals surface area contributed by atoms with Gasteiger partial charge >= 0.3 is 5.97 Å². The van der Waals surface area contributed by atoms with Crippen molar-refractivity contribution in [2.24, 2.45) is 0 Å². The Bertz CT molecular complexity index is 655. The van der Waals surface area contributed by atoms with E-state index in [0.29, 0.717) is 0 Å². The van der Waals surface area contributed by atoms with E-state index in [0.717, 1.165) is 7.11 Å². The number of hydrogen-bond acceptors (Lipinski definition) is 8. The van der Waals surface area contributed by atoms with Crippen LogP contribution in [0.15, 0.2) is 30.3 Å². The number of carboxylic acids is 1. The smallest absolute Gasteiger partial charge is 0.364 e. The van der Waals surface area contributed by atoms with Gasteiger partial charge in [0, 0.05) is 19.1 Å².